The lowest BCUT2D eigenvalue weighted by Gasteiger charge is -2.31. The van der Waals surface area contributed by atoms with E-state index in [0.717, 1.165) is 10.4 Å². The number of amides is 1. The van der Waals surface area contributed by atoms with Crippen molar-refractivity contribution in [3.8, 4) is 0 Å². The Kier molecular flexibility index (Phi) is 6.24. The highest BCUT2D eigenvalue weighted by molar-refractivity contribution is 7.89. The molecule has 144 valence electrons. The molecule has 0 saturated carbocycles. The molecule has 0 aromatic heterocycles. The molecule has 1 fully saturated rings. The van der Waals surface area contributed by atoms with Crippen LogP contribution in [0.25, 0.3) is 0 Å². The molecule has 1 saturated heterocycles. The Morgan fingerprint density at radius 1 is 1.27 bits per heavy atom. The number of aliphatic carboxylic acids is 1. The smallest absolute Gasteiger partial charge is 0.328 e. The van der Waals surface area contributed by atoms with Gasteiger partial charge in [0.15, 0.2) is 6.04 Å². The van der Waals surface area contributed by atoms with Crippen molar-refractivity contribution in [3.05, 3.63) is 29.8 Å². The third-order valence-corrected chi connectivity index (χ3v) is 6.02. The van der Waals surface area contributed by atoms with Gasteiger partial charge in [-0.15, -0.1) is 0 Å². The summed E-state index contributed by atoms with van der Waals surface area (Å²) in [6, 6.07) is 0.438. The van der Waals surface area contributed by atoms with Crippen LogP contribution in [0.4, 0.5) is 13.2 Å². The zero-order chi connectivity index (χ0) is 19.5. The maximum absolute atomic E-state index is 13.8. The lowest BCUT2D eigenvalue weighted by Crippen LogP contribution is -2.48. The van der Waals surface area contributed by atoms with Gasteiger partial charge in [-0.1, -0.05) is 0 Å². The Labute approximate surface area is 147 Å². The molecule has 0 bridgehead atoms. The van der Waals surface area contributed by atoms with E-state index in [2.05, 4.69) is 0 Å². The number of rotatable bonds is 6. The van der Waals surface area contributed by atoms with Gasteiger partial charge < -0.3 is 10.4 Å². The number of alkyl halides is 1. The lowest BCUT2D eigenvalue weighted by atomic mass is 9.97. The molecule has 0 aliphatic carbocycles. The standard InChI is InChI=1S/C15H17F3N2O5S/c16-8-12(15(22)23)19-14(21)9-3-5-20(6-4-9)26(24,25)13-7-10(17)1-2-11(13)18/h1-2,7,9,12H,3-6,8H2,(H,19,21)(H,22,23). The van der Waals surface area contributed by atoms with E-state index in [9.17, 15) is 31.2 Å². The van der Waals surface area contributed by atoms with Crippen molar-refractivity contribution in [1.29, 1.82) is 0 Å². The topological polar surface area (TPSA) is 104 Å². The number of sulfonamides is 1. The van der Waals surface area contributed by atoms with Gasteiger partial charge >= 0.3 is 5.97 Å². The average molecular weight is 394 g/mol. The number of halogens is 3. The summed E-state index contributed by atoms with van der Waals surface area (Å²) >= 11 is 0. The molecule has 1 aromatic rings. The predicted octanol–water partition coefficient (Wildman–Crippen LogP) is 0.904. The molecule has 2 N–H and O–H groups in total. The van der Waals surface area contributed by atoms with E-state index in [-0.39, 0.29) is 25.9 Å². The normalized spacial score (nSPS) is 17.7. The molecular formula is C15H17F3N2O5S. The summed E-state index contributed by atoms with van der Waals surface area (Å²) in [5.41, 5.74) is 0. The second-order valence-corrected chi connectivity index (χ2v) is 7.71. The van der Waals surface area contributed by atoms with E-state index in [1.165, 1.54) is 0 Å². The number of hydrogen-bond donors (Lipinski definition) is 2. The van der Waals surface area contributed by atoms with Crippen molar-refractivity contribution >= 4 is 21.9 Å². The van der Waals surface area contributed by atoms with Crippen LogP contribution < -0.4 is 5.32 Å². The summed E-state index contributed by atoms with van der Waals surface area (Å²) < 4.78 is 65.4. The highest BCUT2D eigenvalue weighted by atomic mass is 32.2. The zero-order valence-corrected chi connectivity index (χ0v) is 14.3. The molecule has 1 heterocycles. The Hall–Kier alpha value is -2.14. The van der Waals surface area contributed by atoms with E-state index in [1.54, 1.807) is 0 Å². The van der Waals surface area contributed by atoms with Crippen molar-refractivity contribution < 1.29 is 36.3 Å². The Balaban J connectivity index is 2.04. The van der Waals surface area contributed by atoms with Crippen LogP contribution in [0.2, 0.25) is 0 Å². The second kappa shape index (κ2) is 8.04. The van der Waals surface area contributed by atoms with Crippen LogP contribution in [0.15, 0.2) is 23.1 Å². The summed E-state index contributed by atoms with van der Waals surface area (Å²) in [5, 5.41) is 10.8. The lowest BCUT2D eigenvalue weighted by molar-refractivity contribution is -0.143. The van der Waals surface area contributed by atoms with Crippen LogP contribution in [0.5, 0.6) is 0 Å². The van der Waals surface area contributed by atoms with Crippen LogP contribution in [0.3, 0.4) is 0 Å². The summed E-state index contributed by atoms with van der Waals surface area (Å²) in [4.78, 5) is 21.9. The van der Waals surface area contributed by atoms with Gasteiger partial charge in [0.1, 0.15) is 23.2 Å². The number of nitrogens with one attached hydrogen (secondary N) is 1. The maximum Gasteiger partial charge on any atom is 0.328 e. The highest BCUT2D eigenvalue weighted by Gasteiger charge is 2.34. The van der Waals surface area contributed by atoms with E-state index >= 15 is 0 Å². The minimum absolute atomic E-state index is 0.0423. The molecule has 0 spiro atoms. The fourth-order valence-corrected chi connectivity index (χ4v) is 4.17. The molecule has 1 aliphatic heterocycles. The van der Waals surface area contributed by atoms with Crippen LogP contribution in [-0.4, -0.2) is 55.5 Å². The highest BCUT2D eigenvalue weighted by Crippen LogP contribution is 2.26. The fourth-order valence-electron chi connectivity index (χ4n) is 2.63. The fraction of sp³-hybridized carbons (Fsp3) is 0.467. The van der Waals surface area contributed by atoms with Gasteiger partial charge in [-0.05, 0) is 31.0 Å². The van der Waals surface area contributed by atoms with Crippen molar-refractivity contribution in [2.75, 3.05) is 19.8 Å². The van der Waals surface area contributed by atoms with E-state index in [0.29, 0.717) is 12.1 Å². The Morgan fingerprint density at radius 2 is 1.88 bits per heavy atom. The van der Waals surface area contributed by atoms with Crippen molar-refractivity contribution in [2.45, 2.75) is 23.8 Å². The molecule has 1 atom stereocenters. The summed E-state index contributed by atoms with van der Waals surface area (Å²) in [6.07, 6.45) is 0.0846. The van der Waals surface area contributed by atoms with Crippen LogP contribution >= 0.6 is 0 Å². The number of nitrogens with zero attached hydrogens (tertiary/aromatic N) is 1. The Bertz CT molecular complexity index is 794. The molecule has 1 amide bonds. The first-order valence-corrected chi connectivity index (χ1v) is 9.15. The van der Waals surface area contributed by atoms with Gasteiger partial charge in [-0.2, -0.15) is 4.31 Å². The minimum atomic E-state index is -4.27. The van der Waals surface area contributed by atoms with Gasteiger partial charge in [0.25, 0.3) is 0 Å². The number of hydrogen-bond acceptors (Lipinski definition) is 4. The summed E-state index contributed by atoms with van der Waals surface area (Å²) in [7, 11) is -4.27. The summed E-state index contributed by atoms with van der Waals surface area (Å²) in [6.45, 7) is -1.54. The number of carboxylic acid groups (broad SMARTS) is 1. The van der Waals surface area contributed by atoms with Gasteiger partial charge in [-0.3, -0.25) is 4.79 Å². The minimum Gasteiger partial charge on any atom is -0.480 e. The number of benzene rings is 1. The second-order valence-electron chi connectivity index (χ2n) is 5.81. The first kappa shape index (κ1) is 20.2. The van der Waals surface area contributed by atoms with Gasteiger partial charge in [0.2, 0.25) is 15.9 Å². The van der Waals surface area contributed by atoms with Gasteiger partial charge in [0.05, 0.1) is 0 Å². The van der Waals surface area contributed by atoms with Crippen molar-refractivity contribution in [3.63, 3.8) is 0 Å². The number of carbonyl (C=O) groups excluding carboxylic acids is 1. The van der Waals surface area contributed by atoms with Gasteiger partial charge in [-0.25, -0.2) is 26.4 Å². The van der Waals surface area contributed by atoms with E-state index in [4.69, 9.17) is 5.11 Å². The van der Waals surface area contributed by atoms with Crippen molar-refractivity contribution in [2.24, 2.45) is 5.92 Å². The molecule has 2 rings (SSSR count). The average Bonchev–Trinajstić information content (AvgIpc) is 2.61. The van der Waals surface area contributed by atoms with Crippen LogP contribution in [-0.2, 0) is 19.6 Å². The maximum atomic E-state index is 13.8. The van der Waals surface area contributed by atoms with E-state index < -0.39 is 57.1 Å². The predicted molar refractivity (Wildman–Crippen MR) is 83.4 cm³/mol. The van der Waals surface area contributed by atoms with Gasteiger partial charge in [0, 0.05) is 19.0 Å². The Morgan fingerprint density at radius 3 is 2.42 bits per heavy atom. The van der Waals surface area contributed by atoms with Crippen LogP contribution in [0, 0.1) is 17.6 Å². The first-order valence-electron chi connectivity index (χ1n) is 7.71. The zero-order valence-electron chi connectivity index (χ0n) is 13.5. The molecule has 1 unspecified atom stereocenters. The SMILES string of the molecule is O=C(NC(CF)C(=O)O)C1CCN(S(=O)(=O)c2cc(F)ccc2F)CC1. The monoisotopic (exact) mass is 394 g/mol. The first-order chi connectivity index (χ1) is 12.2. The van der Waals surface area contributed by atoms with Crippen LogP contribution in [0.1, 0.15) is 12.8 Å². The number of carbonyl (C=O) groups is 2. The molecule has 1 aliphatic rings. The molecule has 0 radical (unpaired) electrons. The van der Waals surface area contributed by atoms with E-state index in [1.807, 2.05) is 5.32 Å². The molecule has 1 aromatic carbocycles. The molecule has 26 heavy (non-hydrogen) atoms. The molecule has 11 heteroatoms. The van der Waals surface area contributed by atoms with Crippen molar-refractivity contribution in [1.82, 2.24) is 9.62 Å². The number of piperidine rings is 1. The third-order valence-electron chi connectivity index (χ3n) is 4.10. The third kappa shape index (κ3) is 4.33. The number of carboxylic acids is 1. The largest absolute Gasteiger partial charge is 0.480 e. The summed E-state index contributed by atoms with van der Waals surface area (Å²) in [5.74, 6) is -4.89. The molecule has 7 nitrogen and oxygen atoms in total. The quantitative estimate of drug-likeness (QED) is 0.746. The molecular weight excluding hydrogens is 377 g/mol.